The van der Waals surface area contributed by atoms with E-state index in [-0.39, 0.29) is 11.9 Å². The number of nitrogens with one attached hydrogen (secondary N) is 1. The largest absolute Gasteiger partial charge is 0.468 e. The molecule has 0 saturated heterocycles. The molecule has 0 fully saturated rings. The number of furan rings is 1. The Bertz CT molecular complexity index is 630. The van der Waals surface area contributed by atoms with Crippen molar-refractivity contribution in [3.63, 3.8) is 0 Å². The molecule has 1 unspecified atom stereocenters. The van der Waals surface area contributed by atoms with Crippen LogP contribution in [0.1, 0.15) is 25.6 Å². The smallest absolute Gasteiger partial charge is 0.230 e. The number of halogens is 1. The van der Waals surface area contributed by atoms with Gasteiger partial charge in [0.25, 0.3) is 0 Å². The second-order valence-corrected chi connectivity index (χ2v) is 6.70. The second-order valence-electron chi connectivity index (χ2n) is 5.28. The van der Waals surface area contributed by atoms with Crippen molar-refractivity contribution in [3.8, 4) is 0 Å². The molecular formula is C18H23ClN2O2S. The first-order valence-corrected chi connectivity index (χ1v) is 9.43. The first-order valence-electron chi connectivity index (χ1n) is 8.07. The number of hydrogen-bond donors (Lipinski definition) is 1. The van der Waals surface area contributed by atoms with E-state index >= 15 is 0 Å². The molecule has 1 atom stereocenters. The van der Waals surface area contributed by atoms with E-state index < -0.39 is 0 Å². The monoisotopic (exact) mass is 366 g/mol. The summed E-state index contributed by atoms with van der Waals surface area (Å²) < 4.78 is 5.54. The van der Waals surface area contributed by atoms with Crippen LogP contribution < -0.4 is 5.32 Å². The van der Waals surface area contributed by atoms with Gasteiger partial charge in [-0.2, -0.15) is 0 Å². The molecule has 1 N–H and O–H groups in total. The molecule has 0 spiro atoms. The summed E-state index contributed by atoms with van der Waals surface area (Å²) in [5.74, 6) is 1.20. The average Bonchev–Trinajstić information content (AvgIpc) is 3.12. The van der Waals surface area contributed by atoms with Crippen LogP contribution in [0.3, 0.4) is 0 Å². The third-order valence-corrected chi connectivity index (χ3v) is 5.33. The highest BCUT2D eigenvalue weighted by molar-refractivity contribution is 8.00. The molecule has 0 aliphatic rings. The van der Waals surface area contributed by atoms with E-state index in [4.69, 9.17) is 16.0 Å². The number of carbonyl (C=O) groups excluding carboxylic acids is 1. The lowest BCUT2D eigenvalue weighted by molar-refractivity contribution is -0.118. The number of likely N-dealkylation sites (N-methyl/N-ethyl adjacent to an activating group) is 1. The zero-order valence-corrected chi connectivity index (χ0v) is 15.6. The molecule has 0 aliphatic heterocycles. The molecule has 0 saturated carbocycles. The van der Waals surface area contributed by atoms with Gasteiger partial charge < -0.3 is 9.73 Å². The number of amides is 1. The van der Waals surface area contributed by atoms with E-state index in [2.05, 4.69) is 24.1 Å². The fourth-order valence-electron chi connectivity index (χ4n) is 2.52. The zero-order chi connectivity index (χ0) is 17.4. The number of carbonyl (C=O) groups is 1. The predicted molar refractivity (Wildman–Crippen MR) is 99.6 cm³/mol. The molecule has 0 aliphatic carbocycles. The van der Waals surface area contributed by atoms with Crippen molar-refractivity contribution in [1.82, 2.24) is 10.2 Å². The fraction of sp³-hybridized carbons (Fsp3) is 0.389. The van der Waals surface area contributed by atoms with Crippen LogP contribution in [0.2, 0.25) is 5.02 Å². The maximum atomic E-state index is 12.2. The third kappa shape index (κ3) is 5.30. The van der Waals surface area contributed by atoms with Crippen LogP contribution in [-0.2, 0) is 4.79 Å². The normalized spacial score (nSPS) is 12.3. The summed E-state index contributed by atoms with van der Waals surface area (Å²) in [6, 6.07) is 11.4. The Balaban J connectivity index is 1.89. The van der Waals surface area contributed by atoms with Crippen molar-refractivity contribution in [2.75, 3.05) is 25.4 Å². The number of rotatable bonds is 9. The first kappa shape index (κ1) is 18.9. The lowest BCUT2D eigenvalue weighted by Gasteiger charge is -2.28. The quantitative estimate of drug-likeness (QED) is 0.675. The van der Waals surface area contributed by atoms with E-state index in [1.54, 1.807) is 6.26 Å². The highest BCUT2D eigenvalue weighted by Crippen LogP contribution is 2.26. The molecule has 2 rings (SSSR count). The maximum absolute atomic E-state index is 12.2. The fourth-order valence-corrected chi connectivity index (χ4v) is 3.59. The molecular weight excluding hydrogens is 344 g/mol. The van der Waals surface area contributed by atoms with Crippen LogP contribution in [0, 0.1) is 0 Å². The van der Waals surface area contributed by atoms with Crippen molar-refractivity contribution in [3.05, 3.63) is 53.4 Å². The summed E-state index contributed by atoms with van der Waals surface area (Å²) in [5, 5.41) is 3.68. The number of benzene rings is 1. The summed E-state index contributed by atoms with van der Waals surface area (Å²) in [6.45, 7) is 6.53. The molecule has 0 bridgehead atoms. The molecule has 0 radical (unpaired) electrons. The van der Waals surface area contributed by atoms with Gasteiger partial charge in [0.05, 0.1) is 23.1 Å². The minimum absolute atomic E-state index is 0.0105. The van der Waals surface area contributed by atoms with Gasteiger partial charge in [-0.25, -0.2) is 0 Å². The van der Waals surface area contributed by atoms with Gasteiger partial charge in [-0.1, -0.05) is 37.6 Å². The number of thioether (sulfide) groups is 1. The van der Waals surface area contributed by atoms with E-state index in [1.165, 1.54) is 11.8 Å². The highest BCUT2D eigenvalue weighted by atomic mass is 35.5. The Kier molecular flexibility index (Phi) is 7.69. The second kappa shape index (κ2) is 9.77. The molecule has 1 heterocycles. The maximum Gasteiger partial charge on any atom is 0.230 e. The van der Waals surface area contributed by atoms with Gasteiger partial charge in [-0.05, 0) is 37.4 Å². The lowest BCUT2D eigenvalue weighted by atomic mass is 10.2. The van der Waals surface area contributed by atoms with Crippen molar-refractivity contribution in [2.45, 2.75) is 24.8 Å². The van der Waals surface area contributed by atoms with E-state index in [9.17, 15) is 4.79 Å². The Morgan fingerprint density at radius 2 is 2.00 bits per heavy atom. The van der Waals surface area contributed by atoms with Crippen LogP contribution in [0.5, 0.6) is 0 Å². The SMILES string of the molecule is CCN(CC)C(CNC(=O)CSc1ccccc1Cl)c1ccco1. The van der Waals surface area contributed by atoms with E-state index in [0.29, 0.717) is 17.3 Å². The van der Waals surface area contributed by atoms with Gasteiger partial charge in [0.15, 0.2) is 0 Å². The van der Waals surface area contributed by atoms with Crippen LogP contribution in [0.4, 0.5) is 0 Å². The van der Waals surface area contributed by atoms with Crippen molar-refractivity contribution >= 4 is 29.3 Å². The number of hydrogen-bond acceptors (Lipinski definition) is 4. The molecule has 1 aromatic carbocycles. The molecule has 24 heavy (non-hydrogen) atoms. The standard InChI is InChI=1S/C18H23ClN2O2S/c1-3-21(4-2)15(16-9-7-11-23-16)12-20-18(22)13-24-17-10-6-5-8-14(17)19/h5-11,15H,3-4,12-13H2,1-2H3,(H,20,22). The summed E-state index contributed by atoms with van der Waals surface area (Å²) in [4.78, 5) is 15.4. The van der Waals surface area contributed by atoms with Gasteiger partial charge in [0, 0.05) is 11.4 Å². The van der Waals surface area contributed by atoms with Crippen molar-refractivity contribution < 1.29 is 9.21 Å². The molecule has 1 amide bonds. The molecule has 130 valence electrons. The van der Waals surface area contributed by atoms with Crippen molar-refractivity contribution in [2.24, 2.45) is 0 Å². The summed E-state index contributed by atoms with van der Waals surface area (Å²) in [7, 11) is 0. The molecule has 4 nitrogen and oxygen atoms in total. The Labute approximate surface area is 152 Å². The van der Waals surface area contributed by atoms with E-state index in [0.717, 1.165) is 23.7 Å². The van der Waals surface area contributed by atoms with E-state index in [1.807, 2.05) is 36.4 Å². The van der Waals surface area contributed by atoms with Gasteiger partial charge in [0.2, 0.25) is 5.91 Å². The number of nitrogens with zero attached hydrogens (tertiary/aromatic N) is 1. The molecule has 1 aromatic heterocycles. The minimum atomic E-state index is -0.0105. The van der Waals surface area contributed by atoms with Gasteiger partial charge in [0.1, 0.15) is 5.76 Å². The zero-order valence-electron chi connectivity index (χ0n) is 14.0. The molecule has 2 aromatic rings. The van der Waals surface area contributed by atoms with Gasteiger partial charge >= 0.3 is 0 Å². The summed E-state index contributed by atoms with van der Waals surface area (Å²) >= 11 is 7.55. The third-order valence-electron chi connectivity index (χ3n) is 3.81. The Morgan fingerprint density at radius 3 is 2.62 bits per heavy atom. The summed E-state index contributed by atoms with van der Waals surface area (Å²) in [5.41, 5.74) is 0. The Morgan fingerprint density at radius 1 is 1.25 bits per heavy atom. The first-order chi connectivity index (χ1) is 11.7. The van der Waals surface area contributed by atoms with Crippen LogP contribution >= 0.6 is 23.4 Å². The minimum Gasteiger partial charge on any atom is -0.468 e. The topological polar surface area (TPSA) is 45.5 Å². The molecule has 6 heteroatoms. The van der Waals surface area contributed by atoms with Crippen LogP contribution in [0.25, 0.3) is 0 Å². The van der Waals surface area contributed by atoms with Crippen LogP contribution in [-0.4, -0.2) is 36.2 Å². The Hall–Kier alpha value is -1.43. The average molecular weight is 367 g/mol. The summed E-state index contributed by atoms with van der Waals surface area (Å²) in [6.07, 6.45) is 1.67. The van der Waals surface area contributed by atoms with Gasteiger partial charge in [-0.15, -0.1) is 11.8 Å². The highest BCUT2D eigenvalue weighted by Gasteiger charge is 2.21. The van der Waals surface area contributed by atoms with Crippen LogP contribution in [0.15, 0.2) is 52.0 Å². The van der Waals surface area contributed by atoms with Crippen molar-refractivity contribution in [1.29, 1.82) is 0 Å². The van der Waals surface area contributed by atoms with Gasteiger partial charge in [-0.3, -0.25) is 9.69 Å². The predicted octanol–water partition coefficient (Wildman–Crippen LogP) is 4.22. The lowest BCUT2D eigenvalue weighted by Crippen LogP contribution is -2.38.